The van der Waals surface area contributed by atoms with Crippen LogP contribution in [0.4, 0.5) is 17.1 Å². The van der Waals surface area contributed by atoms with Crippen molar-refractivity contribution >= 4 is 28.9 Å². The van der Waals surface area contributed by atoms with Crippen LogP contribution in [-0.2, 0) is 9.53 Å². The quantitative estimate of drug-likeness (QED) is 0.400. The first-order chi connectivity index (χ1) is 15.9. The van der Waals surface area contributed by atoms with E-state index in [0.29, 0.717) is 42.0 Å². The summed E-state index contributed by atoms with van der Waals surface area (Å²) < 4.78 is 16.0. The second-order valence-electron chi connectivity index (χ2n) is 8.14. The van der Waals surface area contributed by atoms with Crippen LogP contribution in [0, 0.1) is 16.0 Å². The fraction of sp³-hybridized carbons (Fsp3) is 0.391. The van der Waals surface area contributed by atoms with E-state index in [1.54, 1.807) is 24.3 Å². The minimum absolute atomic E-state index is 0.0163. The van der Waals surface area contributed by atoms with Gasteiger partial charge < -0.3 is 24.4 Å². The molecule has 0 radical (unpaired) electrons. The predicted molar refractivity (Wildman–Crippen MR) is 120 cm³/mol. The number of carbonyl (C=O) groups excluding carboxylic acids is 2. The smallest absolute Gasteiger partial charge is 0.338 e. The normalized spacial score (nSPS) is 17.2. The van der Waals surface area contributed by atoms with Crippen molar-refractivity contribution in [2.75, 3.05) is 43.1 Å². The summed E-state index contributed by atoms with van der Waals surface area (Å²) in [6.07, 6.45) is 2.05. The van der Waals surface area contributed by atoms with Crippen LogP contribution < -0.4 is 19.7 Å². The third-order valence-corrected chi connectivity index (χ3v) is 5.57. The Kier molecular flexibility index (Phi) is 6.62. The molecule has 4 rings (SSSR count). The average Bonchev–Trinajstić information content (AvgIpc) is 2.82. The molecule has 1 amide bonds. The molecule has 33 heavy (non-hydrogen) atoms. The highest BCUT2D eigenvalue weighted by molar-refractivity contribution is 5.96. The molecule has 2 aliphatic rings. The maximum Gasteiger partial charge on any atom is 0.338 e. The first kappa shape index (κ1) is 22.4. The van der Waals surface area contributed by atoms with Gasteiger partial charge in [-0.2, -0.15) is 0 Å². The monoisotopic (exact) mass is 455 g/mol. The molecule has 1 unspecified atom stereocenters. The van der Waals surface area contributed by atoms with Crippen LogP contribution >= 0.6 is 0 Å². The lowest BCUT2D eigenvalue weighted by atomic mass is 9.99. The molecular weight excluding hydrogens is 430 g/mol. The van der Waals surface area contributed by atoms with E-state index >= 15 is 0 Å². The molecule has 174 valence electrons. The number of piperidine rings is 1. The Balaban J connectivity index is 1.38. The molecule has 1 saturated heterocycles. The lowest BCUT2D eigenvalue weighted by Crippen LogP contribution is -2.34. The first-order valence-electron chi connectivity index (χ1n) is 10.8. The summed E-state index contributed by atoms with van der Waals surface area (Å²) >= 11 is 0. The number of hydrogen-bond acceptors (Lipinski definition) is 8. The van der Waals surface area contributed by atoms with Crippen LogP contribution in [0.25, 0.3) is 0 Å². The highest BCUT2D eigenvalue weighted by Crippen LogP contribution is 2.33. The molecule has 0 aliphatic carbocycles. The summed E-state index contributed by atoms with van der Waals surface area (Å²) in [5.74, 6) is 0.194. The summed E-state index contributed by atoms with van der Waals surface area (Å²) in [4.78, 5) is 37.8. The molecule has 2 aromatic carbocycles. The number of nitrogens with one attached hydrogen (secondary N) is 1. The van der Waals surface area contributed by atoms with Crippen LogP contribution in [0.5, 0.6) is 11.5 Å². The van der Waals surface area contributed by atoms with E-state index in [2.05, 4.69) is 12.2 Å². The van der Waals surface area contributed by atoms with Crippen LogP contribution in [0.15, 0.2) is 36.4 Å². The fourth-order valence-electron chi connectivity index (χ4n) is 4.00. The number of esters is 1. The number of nitro groups is 1. The Labute approximate surface area is 190 Å². The van der Waals surface area contributed by atoms with Crippen molar-refractivity contribution < 1.29 is 28.7 Å². The summed E-state index contributed by atoms with van der Waals surface area (Å²) in [5, 5.41) is 14.3. The van der Waals surface area contributed by atoms with E-state index < -0.39 is 23.4 Å². The van der Waals surface area contributed by atoms with Gasteiger partial charge in [0.15, 0.2) is 18.1 Å². The van der Waals surface area contributed by atoms with E-state index in [4.69, 9.17) is 14.2 Å². The number of carbonyl (C=O) groups is 2. The molecule has 2 aromatic rings. The number of benzene rings is 2. The van der Waals surface area contributed by atoms with Crippen molar-refractivity contribution in [1.82, 2.24) is 0 Å². The number of fused-ring (bicyclic) bond motifs is 1. The Morgan fingerprint density at radius 1 is 1.18 bits per heavy atom. The van der Waals surface area contributed by atoms with Gasteiger partial charge in [-0.3, -0.25) is 14.9 Å². The summed E-state index contributed by atoms with van der Waals surface area (Å²) in [6.45, 7) is 3.92. The van der Waals surface area contributed by atoms with Crippen molar-refractivity contribution in [1.29, 1.82) is 0 Å². The Morgan fingerprint density at radius 3 is 2.73 bits per heavy atom. The van der Waals surface area contributed by atoms with E-state index in [0.717, 1.165) is 25.9 Å². The van der Waals surface area contributed by atoms with E-state index in [9.17, 15) is 19.7 Å². The molecule has 0 saturated carbocycles. The zero-order valence-electron chi connectivity index (χ0n) is 18.2. The maximum absolute atomic E-state index is 12.4. The lowest BCUT2D eigenvalue weighted by molar-refractivity contribution is -0.384. The standard InChI is InChI=1S/C23H25N3O7/c1-15-3-2-8-25(13-15)18-6-4-16(11-19(18)26(29)30)23(28)33-14-22(27)24-17-5-7-20-21(12-17)32-10-9-31-20/h4-7,11-12,15H,2-3,8-10,13-14H2,1H3,(H,24,27). The second-order valence-corrected chi connectivity index (χ2v) is 8.14. The summed E-state index contributed by atoms with van der Waals surface area (Å²) in [6, 6.07) is 9.22. The third kappa shape index (κ3) is 5.33. The van der Waals surface area contributed by atoms with Crippen LogP contribution in [-0.4, -0.2) is 49.7 Å². The second kappa shape index (κ2) is 9.76. The van der Waals surface area contributed by atoms with E-state index in [1.807, 2.05) is 4.90 Å². The van der Waals surface area contributed by atoms with Crippen molar-refractivity contribution in [3.05, 3.63) is 52.1 Å². The molecule has 1 N–H and O–H groups in total. The van der Waals surface area contributed by atoms with Gasteiger partial charge in [0.2, 0.25) is 0 Å². The minimum atomic E-state index is -0.811. The van der Waals surface area contributed by atoms with Gasteiger partial charge in [-0.05, 0) is 43.0 Å². The molecule has 2 aliphatic heterocycles. The topological polar surface area (TPSA) is 120 Å². The van der Waals surface area contributed by atoms with Gasteiger partial charge in [0.1, 0.15) is 18.9 Å². The third-order valence-electron chi connectivity index (χ3n) is 5.57. The van der Waals surface area contributed by atoms with Crippen LogP contribution in [0.2, 0.25) is 0 Å². The molecule has 1 atom stereocenters. The molecule has 0 bridgehead atoms. The molecule has 2 heterocycles. The Hall–Kier alpha value is -3.82. The number of rotatable bonds is 6. The van der Waals surface area contributed by atoms with Crippen molar-refractivity contribution in [2.45, 2.75) is 19.8 Å². The predicted octanol–water partition coefficient (Wildman–Crippen LogP) is 3.40. The Morgan fingerprint density at radius 2 is 1.97 bits per heavy atom. The van der Waals surface area contributed by atoms with Crippen LogP contribution in [0.1, 0.15) is 30.1 Å². The van der Waals surface area contributed by atoms with Gasteiger partial charge in [-0.25, -0.2) is 4.79 Å². The number of amides is 1. The van der Waals surface area contributed by atoms with Crippen LogP contribution in [0.3, 0.4) is 0 Å². The molecule has 1 fully saturated rings. The molecular formula is C23H25N3O7. The minimum Gasteiger partial charge on any atom is -0.486 e. The molecule has 10 nitrogen and oxygen atoms in total. The zero-order valence-corrected chi connectivity index (χ0v) is 18.2. The number of hydrogen-bond donors (Lipinski definition) is 1. The summed E-state index contributed by atoms with van der Waals surface area (Å²) in [5.41, 5.74) is 0.817. The lowest BCUT2D eigenvalue weighted by Gasteiger charge is -2.32. The molecule has 0 spiro atoms. The highest BCUT2D eigenvalue weighted by Gasteiger charge is 2.25. The van der Waals surface area contributed by atoms with Gasteiger partial charge in [0, 0.05) is 30.9 Å². The van der Waals surface area contributed by atoms with Gasteiger partial charge >= 0.3 is 5.97 Å². The zero-order chi connectivity index (χ0) is 23.4. The summed E-state index contributed by atoms with van der Waals surface area (Å²) in [7, 11) is 0. The van der Waals surface area contributed by atoms with Crippen molar-refractivity contribution in [3.63, 3.8) is 0 Å². The number of nitro benzene ring substituents is 1. The van der Waals surface area contributed by atoms with Crippen molar-refractivity contribution in [3.8, 4) is 11.5 Å². The van der Waals surface area contributed by atoms with Gasteiger partial charge in [0.25, 0.3) is 11.6 Å². The van der Waals surface area contributed by atoms with E-state index in [1.165, 1.54) is 12.1 Å². The highest BCUT2D eigenvalue weighted by atomic mass is 16.6. The van der Waals surface area contributed by atoms with Gasteiger partial charge in [0.05, 0.1) is 10.5 Å². The Bertz CT molecular complexity index is 1070. The van der Waals surface area contributed by atoms with Gasteiger partial charge in [-0.15, -0.1) is 0 Å². The SMILES string of the molecule is CC1CCCN(c2ccc(C(=O)OCC(=O)Nc3ccc4c(c3)OCCO4)cc2[N+](=O)[O-])C1. The fourth-order valence-corrected chi connectivity index (χ4v) is 4.00. The largest absolute Gasteiger partial charge is 0.486 e. The van der Waals surface area contributed by atoms with Crippen molar-refractivity contribution in [2.24, 2.45) is 5.92 Å². The molecule has 0 aromatic heterocycles. The molecule has 10 heteroatoms. The first-order valence-corrected chi connectivity index (χ1v) is 10.8. The van der Waals surface area contributed by atoms with E-state index in [-0.39, 0.29) is 11.3 Å². The average molecular weight is 455 g/mol. The number of nitrogens with zero attached hydrogens (tertiary/aromatic N) is 2. The number of ether oxygens (including phenoxy) is 3. The number of anilines is 2. The maximum atomic E-state index is 12.4. The van der Waals surface area contributed by atoms with Gasteiger partial charge in [-0.1, -0.05) is 6.92 Å².